The first-order chi connectivity index (χ1) is 20.7. The summed E-state index contributed by atoms with van der Waals surface area (Å²) in [7, 11) is 0.147. The number of carbonyl (C=O) groups is 4. The van der Waals surface area contributed by atoms with Gasteiger partial charge in [-0.3, -0.25) is 24.6 Å². The average molecular weight is 656 g/mol. The van der Waals surface area contributed by atoms with Crippen LogP contribution in [0.25, 0.3) is 0 Å². The van der Waals surface area contributed by atoms with Crippen molar-refractivity contribution in [2.75, 3.05) is 27.7 Å². The number of carboxylic acid groups (broad SMARTS) is 1. The first-order valence-electron chi connectivity index (χ1n) is 13.8. The molecule has 0 bridgehead atoms. The fourth-order valence-corrected chi connectivity index (χ4v) is 6.83. The molecule has 0 spiro atoms. The third-order valence-electron chi connectivity index (χ3n) is 7.98. The lowest BCUT2D eigenvalue weighted by Gasteiger charge is -2.32. The second-order valence-corrected chi connectivity index (χ2v) is 14.0. The van der Waals surface area contributed by atoms with Crippen molar-refractivity contribution in [1.82, 2.24) is 14.5 Å². The molecule has 246 valence electrons. The number of methoxy groups -OCH3 is 1. The van der Waals surface area contributed by atoms with Crippen LogP contribution in [-0.4, -0.2) is 92.0 Å². The Hall–Kier alpha value is -3.82. The van der Waals surface area contributed by atoms with E-state index in [0.29, 0.717) is 0 Å². The highest BCUT2D eigenvalue weighted by Gasteiger charge is 2.68. The number of fused-ring (bicyclic) bond motifs is 1. The third kappa shape index (κ3) is 7.20. The average Bonchev–Trinajstić information content (AvgIpc) is 3.40. The molecule has 2 aliphatic rings. The van der Waals surface area contributed by atoms with Crippen LogP contribution in [0.2, 0.25) is 0 Å². The Balaban J connectivity index is 0.000000707. The third-order valence-corrected chi connectivity index (χ3v) is 9.82. The van der Waals surface area contributed by atoms with Gasteiger partial charge in [-0.1, -0.05) is 63.2 Å². The van der Waals surface area contributed by atoms with E-state index in [1.807, 2.05) is 51.1 Å². The van der Waals surface area contributed by atoms with Gasteiger partial charge in [-0.2, -0.15) is 17.5 Å². The number of halogens is 3. The number of ether oxygens (including phenoxy) is 1. The van der Waals surface area contributed by atoms with Crippen molar-refractivity contribution in [3.8, 4) is 0 Å². The van der Waals surface area contributed by atoms with Crippen LogP contribution in [0.4, 0.5) is 13.2 Å². The van der Waals surface area contributed by atoms with Crippen LogP contribution in [0.1, 0.15) is 31.9 Å². The molecule has 2 fully saturated rings. The summed E-state index contributed by atoms with van der Waals surface area (Å²) in [6, 6.07) is 15.1. The van der Waals surface area contributed by atoms with Crippen molar-refractivity contribution in [2.45, 2.75) is 55.3 Å². The highest BCUT2D eigenvalue weighted by atomic mass is 32.2. The van der Waals surface area contributed by atoms with Crippen molar-refractivity contribution in [2.24, 2.45) is 11.8 Å². The number of hydrogen-bond donors (Lipinski definition) is 2. The number of imide groups is 1. The van der Waals surface area contributed by atoms with Gasteiger partial charge in [0.25, 0.3) is 0 Å². The Labute approximate surface area is 259 Å². The van der Waals surface area contributed by atoms with Gasteiger partial charge in [-0.05, 0) is 28.7 Å². The number of sulfonamides is 1. The summed E-state index contributed by atoms with van der Waals surface area (Å²) in [5.74, 6) is -6.31. The summed E-state index contributed by atoms with van der Waals surface area (Å²) < 4.78 is 65.0. The Morgan fingerprint density at radius 3 is 2.02 bits per heavy atom. The molecule has 15 heteroatoms. The zero-order valence-corrected chi connectivity index (χ0v) is 26.4. The number of nitrogens with zero attached hydrogens (tertiary/aromatic N) is 2. The minimum Gasteiger partial charge on any atom is -0.475 e. The largest absolute Gasteiger partial charge is 0.490 e. The van der Waals surface area contributed by atoms with Crippen LogP contribution in [0, 0.1) is 11.8 Å². The van der Waals surface area contributed by atoms with Crippen LogP contribution < -0.4 is 5.32 Å². The van der Waals surface area contributed by atoms with Gasteiger partial charge in [-0.25, -0.2) is 13.2 Å². The fraction of sp³-hybridized carbons (Fsp3) is 0.467. The lowest BCUT2D eigenvalue weighted by molar-refractivity contribution is -0.192. The second-order valence-electron chi connectivity index (χ2n) is 12.0. The summed E-state index contributed by atoms with van der Waals surface area (Å²) in [5.41, 5.74) is 0.122. The molecular formula is C30H36F3N3O8S. The van der Waals surface area contributed by atoms with Crippen molar-refractivity contribution < 1.29 is 50.6 Å². The van der Waals surface area contributed by atoms with Gasteiger partial charge >= 0.3 is 18.1 Å². The molecule has 2 amide bonds. The summed E-state index contributed by atoms with van der Waals surface area (Å²) in [4.78, 5) is 49.9. The van der Waals surface area contributed by atoms with E-state index >= 15 is 0 Å². The van der Waals surface area contributed by atoms with E-state index in [9.17, 15) is 36.0 Å². The molecule has 4 rings (SSSR count). The van der Waals surface area contributed by atoms with Gasteiger partial charge in [-0.15, -0.1) is 0 Å². The Kier molecular flexibility index (Phi) is 10.2. The van der Waals surface area contributed by atoms with Crippen LogP contribution in [0.15, 0.2) is 59.5 Å². The quantitative estimate of drug-likeness (QED) is 0.339. The van der Waals surface area contributed by atoms with E-state index in [0.717, 1.165) is 16.0 Å². The number of amides is 2. The molecule has 11 nitrogen and oxygen atoms in total. The molecule has 2 aliphatic heterocycles. The van der Waals surface area contributed by atoms with Gasteiger partial charge in [0.1, 0.15) is 5.54 Å². The Morgan fingerprint density at radius 2 is 1.56 bits per heavy atom. The van der Waals surface area contributed by atoms with Crippen molar-refractivity contribution in [3.05, 3.63) is 65.7 Å². The lowest BCUT2D eigenvalue weighted by atomic mass is 9.76. The maximum absolute atomic E-state index is 13.5. The SMILES string of the molecule is COC(=O)[C@]1(Cc2ccccc2)N[C@H](CN(C)S(=O)(=O)c2ccc(C(C)(C)C)cc2)[C@@H]2C(=O)N(C)C(=O)[C@@H]21.O=C(O)C(F)(F)F. The number of benzene rings is 2. The summed E-state index contributed by atoms with van der Waals surface area (Å²) in [6.45, 7) is 6.02. The number of carboxylic acids is 1. The lowest BCUT2D eigenvalue weighted by Crippen LogP contribution is -2.59. The molecule has 0 saturated carbocycles. The molecule has 2 heterocycles. The van der Waals surface area contributed by atoms with Crippen LogP contribution in [0.3, 0.4) is 0 Å². The number of alkyl halides is 3. The van der Waals surface area contributed by atoms with E-state index in [1.54, 1.807) is 24.3 Å². The zero-order chi connectivity index (χ0) is 34.1. The van der Waals surface area contributed by atoms with E-state index in [4.69, 9.17) is 14.6 Å². The first-order valence-corrected chi connectivity index (χ1v) is 15.2. The number of esters is 1. The minimum atomic E-state index is -5.08. The minimum absolute atomic E-state index is 0.107. The molecule has 2 aromatic carbocycles. The molecule has 0 aromatic heterocycles. The second kappa shape index (κ2) is 12.9. The number of aliphatic carboxylic acids is 1. The first kappa shape index (κ1) is 35.7. The number of hydrogen-bond acceptors (Lipinski definition) is 8. The van der Waals surface area contributed by atoms with Crippen molar-refractivity contribution in [3.63, 3.8) is 0 Å². The summed E-state index contributed by atoms with van der Waals surface area (Å²) >= 11 is 0. The molecule has 0 unspecified atom stereocenters. The van der Waals surface area contributed by atoms with Gasteiger partial charge in [0, 0.05) is 33.1 Å². The number of likely N-dealkylation sites (tertiary alicyclic amines) is 1. The number of rotatable bonds is 7. The van der Waals surface area contributed by atoms with Gasteiger partial charge < -0.3 is 9.84 Å². The smallest absolute Gasteiger partial charge is 0.475 e. The number of nitrogens with one attached hydrogen (secondary N) is 1. The topological polar surface area (TPSA) is 150 Å². The standard InChI is InChI=1S/C28H35N3O6S.C2HF3O2/c1-27(2,3)19-12-14-20(15-13-19)38(35,36)30(4)17-21-22-23(25(33)31(5)24(22)32)28(29-21,26(34)37-6)16-18-10-8-7-9-11-18;3-2(4,5)1(6)7/h7-15,21-23,29H,16-17H2,1-6H3;(H,6,7)/t21-,22+,23-,28-;/m1./s1. The molecule has 2 N–H and O–H groups in total. The monoisotopic (exact) mass is 655 g/mol. The number of carbonyl (C=O) groups excluding carboxylic acids is 3. The number of likely N-dealkylation sites (N-methyl/N-ethyl adjacent to an activating group) is 1. The predicted octanol–water partition coefficient (Wildman–Crippen LogP) is 2.60. The Morgan fingerprint density at radius 1 is 1.02 bits per heavy atom. The molecule has 2 saturated heterocycles. The molecule has 0 aliphatic carbocycles. The van der Waals surface area contributed by atoms with Crippen LogP contribution >= 0.6 is 0 Å². The van der Waals surface area contributed by atoms with Crippen molar-refractivity contribution in [1.29, 1.82) is 0 Å². The highest BCUT2D eigenvalue weighted by Crippen LogP contribution is 2.45. The molecular weight excluding hydrogens is 619 g/mol. The molecule has 45 heavy (non-hydrogen) atoms. The van der Waals surface area contributed by atoms with Gasteiger partial charge in [0.15, 0.2) is 0 Å². The maximum Gasteiger partial charge on any atom is 0.490 e. The summed E-state index contributed by atoms with van der Waals surface area (Å²) in [6.07, 6.45) is -4.98. The van der Waals surface area contributed by atoms with E-state index in [-0.39, 0.29) is 23.3 Å². The predicted molar refractivity (Wildman–Crippen MR) is 155 cm³/mol. The van der Waals surface area contributed by atoms with Crippen molar-refractivity contribution >= 4 is 33.8 Å². The fourth-order valence-electron chi connectivity index (χ4n) is 5.63. The maximum atomic E-state index is 13.5. The normalized spacial score (nSPS) is 23.4. The Bertz CT molecular complexity index is 1540. The zero-order valence-electron chi connectivity index (χ0n) is 25.6. The van der Waals surface area contributed by atoms with Gasteiger partial charge in [0.2, 0.25) is 21.8 Å². The van der Waals surface area contributed by atoms with Gasteiger partial charge in [0.05, 0.1) is 23.8 Å². The van der Waals surface area contributed by atoms with E-state index in [2.05, 4.69) is 5.32 Å². The van der Waals surface area contributed by atoms with Crippen LogP contribution in [0.5, 0.6) is 0 Å². The van der Waals surface area contributed by atoms with Crippen LogP contribution in [-0.2, 0) is 45.8 Å². The summed E-state index contributed by atoms with van der Waals surface area (Å²) in [5, 5.41) is 10.3. The molecule has 0 radical (unpaired) electrons. The molecule has 4 atom stereocenters. The van der Waals surface area contributed by atoms with E-state index < -0.39 is 63.4 Å². The van der Waals surface area contributed by atoms with E-state index in [1.165, 1.54) is 25.5 Å². The highest BCUT2D eigenvalue weighted by molar-refractivity contribution is 7.89. The molecule has 2 aromatic rings.